The first kappa shape index (κ1) is 19.2. The lowest BCUT2D eigenvalue weighted by Crippen LogP contribution is -2.36. The summed E-state index contributed by atoms with van der Waals surface area (Å²) in [6, 6.07) is 7.14. The molecule has 2 aromatic heterocycles. The molecule has 0 radical (unpaired) electrons. The number of nitrogens with zero attached hydrogens (tertiary/aromatic N) is 3. The monoisotopic (exact) mass is 411 g/mol. The Kier molecular flexibility index (Phi) is 5.10. The number of fused-ring (bicyclic) bond motifs is 1. The molecule has 150 valence electrons. The van der Waals surface area contributed by atoms with E-state index in [0.29, 0.717) is 23.6 Å². The first-order valence-corrected chi connectivity index (χ1v) is 10.1. The average Bonchev–Trinajstić information content (AvgIpc) is 3.40. The lowest BCUT2D eigenvalue weighted by molar-refractivity contribution is 0.0739. The highest BCUT2D eigenvalue weighted by atomic mass is 32.1. The summed E-state index contributed by atoms with van der Waals surface area (Å²) in [4.78, 5) is 32.1. The third kappa shape index (κ3) is 3.63. The van der Waals surface area contributed by atoms with Gasteiger partial charge in [-0.15, -0.1) is 11.3 Å². The van der Waals surface area contributed by atoms with E-state index in [2.05, 4.69) is 4.98 Å². The minimum atomic E-state index is -0.314. The Balaban J connectivity index is 1.63. The Labute approximate surface area is 172 Å². The van der Waals surface area contributed by atoms with Crippen LogP contribution in [-0.4, -0.2) is 34.2 Å². The van der Waals surface area contributed by atoms with Crippen LogP contribution >= 0.6 is 11.3 Å². The van der Waals surface area contributed by atoms with E-state index in [4.69, 9.17) is 9.47 Å². The van der Waals surface area contributed by atoms with Crippen molar-refractivity contribution in [2.45, 2.75) is 26.4 Å². The summed E-state index contributed by atoms with van der Waals surface area (Å²) in [5.74, 6) is 1.05. The summed E-state index contributed by atoms with van der Waals surface area (Å²) < 4.78 is 12.3. The number of aromatic nitrogens is 2. The summed E-state index contributed by atoms with van der Waals surface area (Å²) in [6.45, 7) is 4.22. The van der Waals surface area contributed by atoms with E-state index in [1.54, 1.807) is 41.9 Å². The molecular formula is C21H21N3O4S. The van der Waals surface area contributed by atoms with E-state index >= 15 is 0 Å². The molecule has 0 bridgehead atoms. The van der Waals surface area contributed by atoms with Gasteiger partial charge in [0.25, 0.3) is 11.5 Å². The molecule has 3 heterocycles. The van der Waals surface area contributed by atoms with Crippen molar-refractivity contribution in [1.29, 1.82) is 0 Å². The quantitative estimate of drug-likeness (QED) is 0.645. The molecule has 1 unspecified atom stereocenters. The summed E-state index contributed by atoms with van der Waals surface area (Å²) in [5.41, 5.74) is 1.41. The van der Waals surface area contributed by atoms with Gasteiger partial charge in [-0.1, -0.05) is 6.07 Å². The first-order chi connectivity index (χ1) is 14.0. The van der Waals surface area contributed by atoms with E-state index < -0.39 is 0 Å². The Morgan fingerprint density at radius 3 is 2.86 bits per heavy atom. The van der Waals surface area contributed by atoms with Crippen LogP contribution < -0.4 is 15.0 Å². The van der Waals surface area contributed by atoms with Gasteiger partial charge in [0.15, 0.2) is 11.5 Å². The maximum Gasteiger partial charge on any atom is 0.263 e. The molecule has 4 rings (SSSR count). The van der Waals surface area contributed by atoms with Gasteiger partial charge in [-0.05, 0) is 43.2 Å². The second kappa shape index (κ2) is 7.71. The van der Waals surface area contributed by atoms with Crippen molar-refractivity contribution in [3.05, 3.63) is 74.1 Å². The molecule has 1 atom stereocenters. The molecule has 8 heteroatoms. The molecular weight excluding hydrogens is 390 g/mol. The predicted molar refractivity (Wildman–Crippen MR) is 110 cm³/mol. The van der Waals surface area contributed by atoms with Gasteiger partial charge < -0.3 is 18.9 Å². The van der Waals surface area contributed by atoms with Gasteiger partial charge in [-0.2, -0.15) is 0 Å². The van der Waals surface area contributed by atoms with Crippen LogP contribution in [0.3, 0.4) is 0 Å². The van der Waals surface area contributed by atoms with Crippen LogP contribution in [0.15, 0.2) is 46.8 Å². The number of thiazole rings is 1. The van der Waals surface area contributed by atoms with Gasteiger partial charge in [0.05, 0.1) is 12.6 Å². The number of hydrogen-bond acceptors (Lipinski definition) is 6. The zero-order valence-corrected chi connectivity index (χ0v) is 17.2. The fraction of sp³-hybridized carbons (Fsp3) is 0.286. The van der Waals surface area contributed by atoms with E-state index in [1.807, 2.05) is 30.5 Å². The zero-order valence-electron chi connectivity index (χ0n) is 16.4. The smallest absolute Gasteiger partial charge is 0.263 e. The van der Waals surface area contributed by atoms with Crippen LogP contribution in [0.2, 0.25) is 0 Å². The van der Waals surface area contributed by atoms with Crippen molar-refractivity contribution in [3.8, 4) is 11.5 Å². The van der Waals surface area contributed by atoms with E-state index in [0.717, 1.165) is 10.6 Å². The van der Waals surface area contributed by atoms with Crippen LogP contribution in [0, 0.1) is 6.92 Å². The number of hydrogen-bond donors (Lipinski definition) is 0. The van der Waals surface area contributed by atoms with Crippen LogP contribution in [0.4, 0.5) is 0 Å². The minimum absolute atomic E-state index is 0.180. The minimum Gasteiger partial charge on any atom is -0.454 e. The third-order valence-corrected chi connectivity index (χ3v) is 6.03. The fourth-order valence-corrected chi connectivity index (χ4v) is 3.98. The van der Waals surface area contributed by atoms with Crippen molar-refractivity contribution >= 4 is 17.2 Å². The SMILES string of the molecule is Cc1ccn(Cc2ccc3c(c2)OCO3)c(=O)c1C(=O)N(C)C(C)c1nccs1. The summed E-state index contributed by atoms with van der Waals surface area (Å²) in [7, 11) is 1.70. The molecule has 0 N–H and O–H groups in total. The van der Waals surface area contributed by atoms with Gasteiger partial charge >= 0.3 is 0 Å². The van der Waals surface area contributed by atoms with Crippen LogP contribution in [0.5, 0.6) is 11.5 Å². The predicted octanol–water partition coefficient (Wildman–Crippen LogP) is 3.22. The number of aryl methyl sites for hydroxylation is 1. The van der Waals surface area contributed by atoms with E-state index in [1.165, 1.54) is 11.3 Å². The number of ether oxygens (including phenoxy) is 2. The molecule has 29 heavy (non-hydrogen) atoms. The zero-order chi connectivity index (χ0) is 20.5. The number of pyridine rings is 1. The largest absolute Gasteiger partial charge is 0.454 e. The highest BCUT2D eigenvalue weighted by molar-refractivity contribution is 7.09. The summed E-state index contributed by atoms with van der Waals surface area (Å²) in [5, 5.41) is 2.70. The Hall–Kier alpha value is -3.13. The molecule has 0 aliphatic carbocycles. The highest BCUT2D eigenvalue weighted by Crippen LogP contribution is 2.32. The molecule has 1 amide bonds. The number of carbonyl (C=O) groups is 1. The second-order valence-electron chi connectivity index (χ2n) is 6.96. The number of benzene rings is 1. The molecule has 1 aromatic carbocycles. The topological polar surface area (TPSA) is 73.7 Å². The molecule has 3 aromatic rings. The average molecular weight is 411 g/mol. The number of rotatable bonds is 5. The molecule has 0 fully saturated rings. The lowest BCUT2D eigenvalue weighted by Gasteiger charge is -2.24. The number of carbonyl (C=O) groups excluding carboxylic acids is 1. The Morgan fingerprint density at radius 2 is 2.10 bits per heavy atom. The first-order valence-electron chi connectivity index (χ1n) is 9.21. The normalized spacial score (nSPS) is 13.3. The number of amides is 1. The Morgan fingerprint density at radius 1 is 1.31 bits per heavy atom. The van der Waals surface area contributed by atoms with Crippen molar-refractivity contribution in [2.24, 2.45) is 0 Å². The van der Waals surface area contributed by atoms with Crippen molar-refractivity contribution < 1.29 is 14.3 Å². The molecule has 0 saturated heterocycles. The van der Waals surface area contributed by atoms with Gasteiger partial charge in [0.2, 0.25) is 6.79 Å². The van der Waals surface area contributed by atoms with Crippen LogP contribution in [0.1, 0.15) is 39.5 Å². The van der Waals surface area contributed by atoms with Crippen molar-refractivity contribution in [3.63, 3.8) is 0 Å². The summed E-state index contributed by atoms with van der Waals surface area (Å²) in [6.07, 6.45) is 3.42. The molecule has 0 saturated carbocycles. The molecule has 7 nitrogen and oxygen atoms in total. The third-order valence-electron chi connectivity index (χ3n) is 5.09. The van der Waals surface area contributed by atoms with Gasteiger partial charge in [-0.3, -0.25) is 9.59 Å². The van der Waals surface area contributed by atoms with Crippen molar-refractivity contribution in [2.75, 3.05) is 13.8 Å². The maximum absolute atomic E-state index is 13.1. The van der Waals surface area contributed by atoms with Crippen LogP contribution in [-0.2, 0) is 6.54 Å². The summed E-state index contributed by atoms with van der Waals surface area (Å²) >= 11 is 1.48. The fourth-order valence-electron chi connectivity index (χ4n) is 3.24. The maximum atomic E-state index is 13.1. The standard InChI is InChI=1S/C21H21N3O4S/c1-13-6-8-24(11-15-4-5-16-17(10-15)28-12-27-16)21(26)18(13)20(25)23(3)14(2)19-22-7-9-29-19/h4-10,14H,11-12H2,1-3H3. The molecule has 0 spiro atoms. The molecule has 1 aliphatic heterocycles. The van der Waals surface area contributed by atoms with Gasteiger partial charge in [0.1, 0.15) is 10.6 Å². The van der Waals surface area contributed by atoms with Crippen molar-refractivity contribution in [1.82, 2.24) is 14.5 Å². The highest BCUT2D eigenvalue weighted by Gasteiger charge is 2.25. The Bertz CT molecular complexity index is 1110. The van der Waals surface area contributed by atoms with Crippen LogP contribution in [0.25, 0.3) is 0 Å². The van der Waals surface area contributed by atoms with Gasteiger partial charge in [0, 0.05) is 24.8 Å². The van der Waals surface area contributed by atoms with E-state index in [9.17, 15) is 9.59 Å². The van der Waals surface area contributed by atoms with E-state index in [-0.39, 0.29) is 29.9 Å². The second-order valence-corrected chi connectivity index (χ2v) is 7.88. The van der Waals surface area contributed by atoms with Gasteiger partial charge in [-0.25, -0.2) is 4.98 Å². The molecule has 1 aliphatic rings. The lowest BCUT2D eigenvalue weighted by atomic mass is 10.1.